The number of nitrogens with two attached hydrogens (primary N) is 1. The zero-order valence-corrected chi connectivity index (χ0v) is 11.4. The van der Waals surface area contributed by atoms with Crippen LogP contribution in [0.2, 0.25) is 0 Å². The molecule has 0 radical (unpaired) electrons. The number of methoxy groups -OCH3 is 1. The summed E-state index contributed by atoms with van der Waals surface area (Å²) in [5.74, 6) is 1.93. The van der Waals surface area contributed by atoms with Gasteiger partial charge in [-0.2, -0.15) is 0 Å². The lowest BCUT2D eigenvalue weighted by atomic mass is 10.0. The number of hydrogen-bond donors (Lipinski definition) is 1. The van der Waals surface area contributed by atoms with Gasteiger partial charge >= 0.3 is 0 Å². The Kier molecular flexibility index (Phi) is 4.01. The molecule has 1 aliphatic heterocycles. The first-order valence-electron chi connectivity index (χ1n) is 6.51. The Hall–Kier alpha value is -1.36. The molecule has 2 N–H and O–H groups in total. The van der Waals surface area contributed by atoms with Gasteiger partial charge in [0.15, 0.2) is 0 Å². The van der Waals surface area contributed by atoms with Crippen molar-refractivity contribution in [2.75, 3.05) is 30.8 Å². The molecule has 2 heterocycles. The summed E-state index contributed by atoms with van der Waals surface area (Å²) in [6, 6.07) is 0. The van der Waals surface area contributed by atoms with Crippen molar-refractivity contribution in [3.8, 4) is 0 Å². The van der Waals surface area contributed by atoms with E-state index < -0.39 is 0 Å². The van der Waals surface area contributed by atoms with E-state index in [0.717, 1.165) is 37.3 Å². The fraction of sp³-hybridized carbons (Fsp3) is 0.692. The predicted octanol–water partition coefficient (Wildman–Crippen LogP) is 1.80. The maximum Gasteiger partial charge on any atom is 0.137 e. The summed E-state index contributed by atoms with van der Waals surface area (Å²) in [7, 11) is 1.78. The second-order valence-electron chi connectivity index (χ2n) is 5.07. The first kappa shape index (κ1) is 13.1. The topological polar surface area (TPSA) is 64.3 Å². The van der Waals surface area contributed by atoms with Gasteiger partial charge < -0.3 is 15.4 Å². The summed E-state index contributed by atoms with van der Waals surface area (Å²) in [4.78, 5) is 10.8. The third-order valence-electron chi connectivity index (χ3n) is 3.55. The molecular formula is C13H22N4O. The number of hydrogen-bond acceptors (Lipinski definition) is 5. The monoisotopic (exact) mass is 250 g/mol. The van der Waals surface area contributed by atoms with Gasteiger partial charge in [0, 0.05) is 25.8 Å². The van der Waals surface area contributed by atoms with Crippen LogP contribution in [0.5, 0.6) is 0 Å². The maximum absolute atomic E-state index is 5.98. The highest BCUT2D eigenvalue weighted by Crippen LogP contribution is 2.30. The van der Waals surface area contributed by atoms with E-state index in [9.17, 15) is 0 Å². The normalized spacial score (nSPS) is 17.4. The van der Waals surface area contributed by atoms with Crippen molar-refractivity contribution in [3.05, 3.63) is 11.9 Å². The fourth-order valence-electron chi connectivity index (χ4n) is 2.51. The van der Waals surface area contributed by atoms with Gasteiger partial charge in [-0.25, -0.2) is 9.97 Å². The highest BCUT2D eigenvalue weighted by Gasteiger charge is 2.23. The van der Waals surface area contributed by atoms with Crippen LogP contribution < -0.4 is 10.6 Å². The van der Waals surface area contributed by atoms with Gasteiger partial charge in [-0.15, -0.1) is 0 Å². The van der Waals surface area contributed by atoms with Gasteiger partial charge in [-0.05, 0) is 18.8 Å². The number of nitrogens with zero attached hydrogens (tertiary/aromatic N) is 3. The molecule has 100 valence electrons. The average molecular weight is 250 g/mol. The van der Waals surface area contributed by atoms with E-state index in [1.807, 2.05) is 0 Å². The molecule has 0 amide bonds. The summed E-state index contributed by atoms with van der Waals surface area (Å²) in [5, 5.41) is 0. The number of aromatic nitrogens is 2. The predicted molar refractivity (Wildman–Crippen MR) is 72.8 cm³/mol. The Morgan fingerprint density at radius 2 is 2.00 bits per heavy atom. The third-order valence-corrected chi connectivity index (χ3v) is 3.55. The first-order chi connectivity index (χ1) is 8.63. The molecule has 2 rings (SSSR count). The first-order valence-corrected chi connectivity index (χ1v) is 6.51. The molecule has 0 bridgehead atoms. The van der Waals surface area contributed by atoms with E-state index in [2.05, 4.69) is 28.7 Å². The molecule has 0 spiro atoms. The third kappa shape index (κ3) is 2.56. The van der Waals surface area contributed by atoms with Crippen LogP contribution in [0, 0.1) is 0 Å². The van der Waals surface area contributed by atoms with Gasteiger partial charge in [0.05, 0.1) is 6.10 Å². The number of piperidine rings is 1. The molecule has 1 fully saturated rings. The Labute approximate surface area is 108 Å². The average Bonchev–Trinajstić information content (AvgIpc) is 2.38. The zero-order chi connectivity index (χ0) is 13.1. The molecule has 18 heavy (non-hydrogen) atoms. The van der Waals surface area contributed by atoms with Crippen molar-refractivity contribution in [2.45, 2.75) is 38.7 Å². The Morgan fingerprint density at radius 3 is 2.56 bits per heavy atom. The second kappa shape index (κ2) is 5.52. The SMILES string of the molecule is COC1CCN(c2ncnc(N)c2C(C)C)CC1. The van der Waals surface area contributed by atoms with Crippen LogP contribution >= 0.6 is 0 Å². The van der Waals surface area contributed by atoms with Gasteiger partial charge in [0.2, 0.25) is 0 Å². The lowest BCUT2D eigenvalue weighted by molar-refractivity contribution is 0.0817. The van der Waals surface area contributed by atoms with Crippen molar-refractivity contribution < 1.29 is 4.74 Å². The second-order valence-corrected chi connectivity index (χ2v) is 5.07. The van der Waals surface area contributed by atoms with Gasteiger partial charge in [-0.3, -0.25) is 0 Å². The van der Waals surface area contributed by atoms with Crippen molar-refractivity contribution in [3.63, 3.8) is 0 Å². The molecule has 0 unspecified atom stereocenters. The largest absolute Gasteiger partial charge is 0.383 e. The Balaban J connectivity index is 2.21. The van der Waals surface area contributed by atoms with E-state index in [1.165, 1.54) is 0 Å². The van der Waals surface area contributed by atoms with Gasteiger partial charge in [0.25, 0.3) is 0 Å². The highest BCUT2D eigenvalue weighted by atomic mass is 16.5. The molecule has 0 aliphatic carbocycles. The van der Waals surface area contributed by atoms with E-state index in [0.29, 0.717) is 17.8 Å². The van der Waals surface area contributed by atoms with Crippen LogP contribution in [0.1, 0.15) is 38.2 Å². The van der Waals surface area contributed by atoms with E-state index in [-0.39, 0.29) is 0 Å². The smallest absolute Gasteiger partial charge is 0.137 e. The number of anilines is 2. The Bertz CT molecular complexity index is 400. The molecular weight excluding hydrogens is 228 g/mol. The summed E-state index contributed by atoms with van der Waals surface area (Å²) < 4.78 is 5.39. The molecule has 0 atom stereocenters. The quantitative estimate of drug-likeness (QED) is 0.886. The van der Waals surface area contributed by atoms with Crippen LogP contribution in [-0.4, -0.2) is 36.3 Å². The van der Waals surface area contributed by atoms with Crippen molar-refractivity contribution >= 4 is 11.6 Å². The van der Waals surface area contributed by atoms with Crippen LogP contribution in [0.15, 0.2) is 6.33 Å². The number of rotatable bonds is 3. The molecule has 1 saturated heterocycles. The fourth-order valence-corrected chi connectivity index (χ4v) is 2.51. The maximum atomic E-state index is 5.98. The van der Waals surface area contributed by atoms with E-state index >= 15 is 0 Å². The summed E-state index contributed by atoms with van der Waals surface area (Å²) in [6.07, 6.45) is 4.01. The lowest BCUT2D eigenvalue weighted by Crippen LogP contribution is -2.38. The van der Waals surface area contributed by atoms with Crippen LogP contribution in [0.25, 0.3) is 0 Å². The Morgan fingerprint density at radius 1 is 1.33 bits per heavy atom. The zero-order valence-electron chi connectivity index (χ0n) is 11.4. The summed E-state index contributed by atoms with van der Waals surface area (Å²) >= 11 is 0. The molecule has 0 aromatic carbocycles. The molecule has 5 nitrogen and oxygen atoms in total. The number of nitrogen functional groups attached to an aromatic ring is 1. The minimum Gasteiger partial charge on any atom is -0.383 e. The minimum atomic E-state index is 0.335. The van der Waals surface area contributed by atoms with Crippen LogP contribution in [0.4, 0.5) is 11.6 Å². The van der Waals surface area contributed by atoms with Crippen LogP contribution in [0.3, 0.4) is 0 Å². The lowest BCUT2D eigenvalue weighted by Gasteiger charge is -2.33. The van der Waals surface area contributed by atoms with E-state index in [1.54, 1.807) is 13.4 Å². The van der Waals surface area contributed by atoms with Gasteiger partial charge in [0.1, 0.15) is 18.0 Å². The molecule has 5 heteroatoms. The standard InChI is InChI=1S/C13H22N4O/c1-9(2)11-12(14)15-8-16-13(11)17-6-4-10(18-3)5-7-17/h8-10H,4-7H2,1-3H3,(H2,14,15,16). The van der Waals surface area contributed by atoms with Gasteiger partial charge in [-0.1, -0.05) is 13.8 Å². The van der Waals surface area contributed by atoms with Crippen LogP contribution in [-0.2, 0) is 4.74 Å². The van der Waals surface area contributed by atoms with Crippen molar-refractivity contribution in [2.24, 2.45) is 0 Å². The number of ether oxygens (including phenoxy) is 1. The molecule has 1 aromatic heterocycles. The molecule has 1 aliphatic rings. The van der Waals surface area contributed by atoms with E-state index in [4.69, 9.17) is 10.5 Å². The highest BCUT2D eigenvalue weighted by molar-refractivity contribution is 5.58. The molecule has 0 saturated carbocycles. The summed E-state index contributed by atoms with van der Waals surface area (Å²) in [6.45, 7) is 6.18. The van der Waals surface area contributed by atoms with Crippen molar-refractivity contribution in [1.29, 1.82) is 0 Å². The summed E-state index contributed by atoms with van der Waals surface area (Å²) in [5.41, 5.74) is 7.04. The minimum absolute atomic E-state index is 0.335. The van der Waals surface area contributed by atoms with Crippen molar-refractivity contribution in [1.82, 2.24) is 9.97 Å². The molecule has 1 aromatic rings.